The van der Waals surface area contributed by atoms with Gasteiger partial charge in [-0.15, -0.1) is 0 Å². The van der Waals surface area contributed by atoms with Gasteiger partial charge in [-0.1, -0.05) is 0 Å². The molecule has 94 valence electrons. The Morgan fingerprint density at radius 2 is 2.12 bits per heavy atom. The number of aliphatic hydroxyl groups excluding tert-OH is 3. The maximum absolute atomic E-state index is 11.2. The van der Waals surface area contributed by atoms with E-state index in [-0.39, 0.29) is 12.2 Å². The molecule has 1 fully saturated rings. The van der Waals surface area contributed by atoms with Crippen molar-refractivity contribution in [3.05, 3.63) is 33.7 Å². The first-order chi connectivity index (χ1) is 8.04. The van der Waals surface area contributed by atoms with Crippen LogP contribution in [0.3, 0.4) is 0 Å². The second-order valence-electron chi connectivity index (χ2n) is 4.20. The highest BCUT2D eigenvalue weighted by Gasteiger charge is 2.43. The summed E-state index contributed by atoms with van der Waals surface area (Å²) in [5, 5.41) is 28.4. The van der Waals surface area contributed by atoms with Crippen LogP contribution in [0, 0.1) is 6.92 Å². The van der Waals surface area contributed by atoms with Crippen LogP contribution >= 0.6 is 0 Å². The first kappa shape index (κ1) is 12.3. The van der Waals surface area contributed by atoms with Crippen LogP contribution in [-0.2, 0) is 4.74 Å². The normalized spacial score (nSPS) is 32.9. The highest BCUT2D eigenvalue weighted by atomic mass is 16.6. The number of rotatable bonds is 2. The molecule has 4 atom stereocenters. The Hall–Kier alpha value is -1.21. The molecule has 0 bridgehead atoms. The molecule has 6 heteroatoms. The van der Waals surface area contributed by atoms with Gasteiger partial charge in [-0.2, -0.15) is 0 Å². The summed E-state index contributed by atoms with van der Waals surface area (Å²) in [5.41, 5.74) is 0.866. The van der Waals surface area contributed by atoms with Crippen LogP contribution in [-0.4, -0.2) is 45.2 Å². The first-order valence-corrected chi connectivity index (χ1v) is 5.36. The molecule has 1 aromatic rings. The number of H-pyrrole nitrogens is 1. The number of aryl methyl sites for hydroxylation is 1. The van der Waals surface area contributed by atoms with Crippen LogP contribution in [0.5, 0.6) is 0 Å². The highest BCUT2D eigenvalue weighted by Crippen LogP contribution is 2.32. The van der Waals surface area contributed by atoms with Crippen LogP contribution in [0.4, 0.5) is 0 Å². The molecule has 1 saturated heterocycles. The van der Waals surface area contributed by atoms with Gasteiger partial charge in [-0.3, -0.25) is 4.79 Å². The van der Waals surface area contributed by atoms with E-state index in [1.807, 2.05) is 0 Å². The Morgan fingerprint density at radius 1 is 1.41 bits per heavy atom. The van der Waals surface area contributed by atoms with Crippen molar-refractivity contribution < 1.29 is 20.1 Å². The summed E-state index contributed by atoms with van der Waals surface area (Å²) in [6.07, 6.45) is -2.34. The summed E-state index contributed by atoms with van der Waals surface area (Å²) >= 11 is 0. The number of nitrogens with one attached hydrogen (secondary N) is 1. The van der Waals surface area contributed by atoms with E-state index in [0.717, 1.165) is 0 Å². The van der Waals surface area contributed by atoms with Gasteiger partial charge >= 0.3 is 0 Å². The predicted molar refractivity (Wildman–Crippen MR) is 58.5 cm³/mol. The number of ether oxygens (including phenoxy) is 1. The van der Waals surface area contributed by atoms with Gasteiger partial charge in [0.25, 0.3) is 5.56 Å². The van der Waals surface area contributed by atoms with Crippen LogP contribution < -0.4 is 5.56 Å². The second kappa shape index (κ2) is 4.58. The molecule has 4 N–H and O–H groups in total. The fourth-order valence-corrected chi connectivity index (χ4v) is 1.96. The Morgan fingerprint density at radius 3 is 2.65 bits per heavy atom. The van der Waals surface area contributed by atoms with Crippen molar-refractivity contribution in [3.63, 3.8) is 0 Å². The summed E-state index contributed by atoms with van der Waals surface area (Å²) in [6, 6.07) is 1.60. The van der Waals surface area contributed by atoms with Gasteiger partial charge < -0.3 is 25.0 Å². The van der Waals surface area contributed by atoms with Crippen molar-refractivity contribution in [2.24, 2.45) is 0 Å². The topological polar surface area (TPSA) is 103 Å². The lowest BCUT2D eigenvalue weighted by Gasteiger charge is -2.14. The van der Waals surface area contributed by atoms with Gasteiger partial charge in [0, 0.05) is 17.3 Å². The largest absolute Gasteiger partial charge is 0.394 e. The lowest BCUT2D eigenvalue weighted by Crippen LogP contribution is -2.32. The van der Waals surface area contributed by atoms with Crippen LogP contribution in [0.15, 0.2) is 17.1 Å². The standard InChI is InChI=1S/C11H15NO5/c1-5-2-6(3-12-11(5)16)10-9(15)8(14)7(4-13)17-10/h2-3,7-10,13-15H,4H2,1H3,(H,12,16)/t7-,8-,9+,10+/m1/s1. The maximum atomic E-state index is 11.2. The Bertz CT molecular complexity index is 457. The van der Waals surface area contributed by atoms with E-state index < -0.39 is 24.4 Å². The third-order valence-corrected chi connectivity index (χ3v) is 2.98. The molecule has 0 aromatic carbocycles. The molecule has 1 aliphatic rings. The van der Waals surface area contributed by atoms with E-state index in [1.54, 1.807) is 13.0 Å². The lowest BCUT2D eigenvalue weighted by atomic mass is 10.0. The van der Waals surface area contributed by atoms with Crippen molar-refractivity contribution in [2.45, 2.75) is 31.3 Å². The quantitative estimate of drug-likeness (QED) is 0.523. The molecule has 0 saturated carbocycles. The average molecular weight is 241 g/mol. The highest BCUT2D eigenvalue weighted by molar-refractivity contribution is 5.22. The molecule has 2 rings (SSSR count). The Kier molecular flexibility index (Phi) is 3.30. The summed E-state index contributed by atoms with van der Waals surface area (Å²) in [4.78, 5) is 13.7. The zero-order valence-corrected chi connectivity index (χ0v) is 9.33. The van der Waals surface area contributed by atoms with Crippen LogP contribution in [0.2, 0.25) is 0 Å². The minimum Gasteiger partial charge on any atom is -0.394 e. The molecule has 2 heterocycles. The lowest BCUT2D eigenvalue weighted by molar-refractivity contribution is -0.0228. The van der Waals surface area contributed by atoms with Crippen LogP contribution in [0.25, 0.3) is 0 Å². The first-order valence-electron chi connectivity index (χ1n) is 5.36. The van der Waals surface area contributed by atoms with Gasteiger partial charge in [0.2, 0.25) is 0 Å². The van der Waals surface area contributed by atoms with Gasteiger partial charge in [0.05, 0.1) is 6.61 Å². The fourth-order valence-electron chi connectivity index (χ4n) is 1.96. The van der Waals surface area contributed by atoms with Crippen molar-refractivity contribution in [2.75, 3.05) is 6.61 Å². The number of aromatic nitrogens is 1. The molecule has 0 radical (unpaired) electrons. The monoisotopic (exact) mass is 241 g/mol. The minimum atomic E-state index is -1.13. The molecule has 0 spiro atoms. The zero-order chi connectivity index (χ0) is 12.6. The number of aliphatic hydroxyl groups is 3. The third-order valence-electron chi connectivity index (χ3n) is 2.98. The van der Waals surface area contributed by atoms with Gasteiger partial charge in [0.1, 0.15) is 24.4 Å². The molecule has 0 aliphatic carbocycles. The van der Waals surface area contributed by atoms with Crippen molar-refractivity contribution in [1.82, 2.24) is 4.98 Å². The predicted octanol–water partition coefficient (Wildman–Crippen LogP) is -1.16. The van der Waals surface area contributed by atoms with Crippen molar-refractivity contribution in [3.8, 4) is 0 Å². The second-order valence-corrected chi connectivity index (χ2v) is 4.20. The van der Waals surface area contributed by atoms with Gasteiger partial charge in [-0.05, 0) is 13.0 Å². The number of hydrogen-bond donors (Lipinski definition) is 4. The smallest absolute Gasteiger partial charge is 0.250 e. The molecule has 17 heavy (non-hydrogen) atoms. The van der Waals surface area contributed by atoms with E-state index in [2.05, 4.69) is 4.98 Å². The van der Waals surface area contributed by atoms with Crippen molar-refractivity contribution in [1.29, 1.82) is 0 Å². The van der Waals surface area contributed by atoms with E-state index in [4.69, 9.17) is 9.84 Å². The zero-order valence-electron chi connectivity index (χ0n) is 9.33. The van der Waals surface area contributed by atoms with E-state index in [1.165, 1.54) is 6.20 Å². The van der Waals surface area contributed by atoms with E-state index in [0.29, 0.717) is 11.1 Å². The Balaban J connectivity index is 2.28. The molecule has 6 nitrogen and oxygen atoms in total. The third kappa shape index (κ3) is 2.12. The average Bonchev–Trinajstić information content (AvgIpc) is 2.60. The molecule has 1 aliphatic heterocycles. The van der Waals surface area contributed by atoms with Gasteiger partial charge in [-0.25, -0.2) is 0 Å². The minimum absolute atomic E-state index is 0.208. The molecular weight excluding hydrogens is 226 g/mol. The molecule has 0 unspecified atom stereocenters. The SMILES string of the molecule is Cc1cc([C@@H]2O[C@H](CO)[C@@H](O)[C@@H]2O)c[nH]c1=O. The fraction of sp³-hybridized carbons (Fsp3) is 0.545. The molecule has 1 aromatic heterocycles. The number of hydrogen-bond acceptors (Lipinski definition) is 5. The summed E-state index contributed by atoms with van der Waals surface area (Å²) < 4.78 is 5.34. The van der Waals surface area contributed by atoms with Crippen molar-refractivity contribution >= 4 is 0 Å². The summed E-state index contributed by atoms with van der Waals surface area (Å²) in [5.74, 6) is 0. The number of aromatic amines is 1. The summed E-state index contributed by atoms with van der Waals surface area (Å²) in [6.45, 7) is 1.28. The molecule has 0 amide bonds. The molecular formula is C11H15NO5. The van der Waals surface area contributed by atoms with E-state index in [9.17, 15) is 15.0 Å². The van der Waals surface area contributed by atoms with E-state index >= 15 is 0 Å². The van der Waals surface area contributed by atoms with Crippen LogP contribution in [0.1, 0.15) is 17.2 Å². The Labute approximate surface area is 97.5 Å². The summed E-state index contributed by atoms with van der Waals surface area (Å²) in [7, 11) is 0. The number of pyridine rings is 1. The maximum Gasteiger partial charge on any atom is 0.250 e. The van der Waals surface area contributed by atoms with Gasteiger partial charge in [0.15, 0.2) is 0 Å².